The summed E-state index contributed by atoms with van der Waals surface area (Å²) in [6.45, 7) is 2.49. The van der Waals surface area contributed by atoms with Gasteiger partial charge in [0.1, 0.15) is 0 Å². The lowest BCUT2D eigenvalue weighted by Crippen LogP contribution is -2.33. The van der Waals surface area contributed by atoms with Gasteiger partial charge in [-0.25, -0.2) is 0 Å². The standard InChI is InChI=1S/C15H24N2O5S4/c1-15(23,9-13(20)21)8-11(18)16-3-5-25-26-6-4-17-12(19)7-10(24-2)14(17)22/h10,23H,3-9H2,1-2H3,(H,16,18)(H,20,21). The highest BCUT2D eigenvalue weighted by atomic mass is 33.1. The number of nitrogens with one attached hydrogen (secondary N) is 1. The lowest BCUT2D eigenvalue weighted by molar-refractivity contribution is -0.139. The Kier molecular flexibility index (Phi) is 10.3. The van der Waals surface area contributed by atoms with Crippen LogP contribution in [0.5, 0.6) is 0 Å². The molecular weight excluding hydrogens is 416 g/mol. The maximum atomic E-state index is 11.9. The normalized spacial score (nSPS) is 19.5. The highest BCUT2D eigenvalue weighted by Crippen LogP contribution is 2.26. The molecule has 1 rings (SSSR count). The van der Waals surface area contributed by atoms with Gasteiger partial charge in [0.25, 0.3) is 0 Å². The molecule has 0 aliphatic carbocycles. The zero-order chi connectivity index (χ0) is 19.7. The third-order valence-corrected chi connectivity index (χ3v) is 7.19. The molecule has 26 heavy (non-hydrogen) atoms. The number of nitrogens with zero attached hydrogens (tertiary/aromatic N) is 1. The molecule has 1 saturated heterocycles. The van der Waals surface area contributed by atoms with E-state index in [-0.39, 0.29) is 42.2 Å². The second-order valence-corrected chi connectivity index (χ2v) is 10.9. The summed E-state index contributed by atoms with van der Waals surface area (Å²) in [7, 11) is 3.10. The zero-order valence-electron chi connectivity index (χ0n) is 14.7. The second-order valence-electron chi connectivity index (χ2n) is 6.05. The van der Waals surface area contributed by atoms with Gasteiger partial charge in [-0.15, -0.1) is 0 Å². The number of thiol groups is 1. The van der Waals surface area contributed by atoms with Crippen molar-refractivity contribution in [3.05, 3.63) is 0 Å². The minimum Gasteiger partial charge on any atom is -0.481 e. The Morgan fingerprint density at radius 2 is 1.96 bits per heavy atom. The Labute approximate surface area is 171 Å². The third-order valence-electron chi connectivity index (χ3n) is 3.55. The maximum Gasteiger partial charge on any atom is 0.304 e. The first-order valence-corrected chi connectivity index (χ1v) is 12.2. The van der Waals surface area contributed by atoms with Gasteiger partial charge in [-0.1, -0.05) is 21.6 Å². The Morgan fingerprint density at radius 1 is 1.31 bits per heavy atom. The number of carbonyl (C=O) groups is 4. The molecule has 1 aliphatic heterocycles. The van der Waals surface area contributed by atoms with E-state index in [9.17, 15) is 19.2 Å². The lowest BCUT2D eigenvalue weighted by atomic mass is 10.0. The van der Waals surface area contributed by atoms with Crippen molar-refractivity contribution in [3.8, 4) is 0 Å². The highest BCUT2D eigenvalue weighted by molar-refractivity contribution is 8.76. The molecule has 11 heteroatoms. The van der Waals surface area contributed by atoms with Crippen LogP contribution >= 0.6 is 46.0 Å². The summed E-state index contributed by atoms with van der Waals surface area (Å²) in [5.74, 6) is -0.106. The van der Waals surface area contributed by atoms with Gasteiger partial charge in [-0.05, 0) is 13.2 Å². The summed E-state index contributed by atoms with van der Waals surface area (Å²) in [5, 5.41) is 11.3. The Morgan fingerprint density at radius 3 is 2.54 bits per heavy atom. The van der Waals surface area contributed by atoms with Gasteiger partial charge in [0.2, 0.25) is 17.7 Å². The molecule has 1 aliphatic rings. The molecule has 3 amide bonds. The van der Waals surface area contributed by atoms with Crippen molar-refractivity contribution >= 4 is 69.7 Å². The summed E-state index contributed by atoms with van der Waals surface area (Å²) in [5.41, 5.74) is 0. The number of hydrogen-bond donors (Lipinski definition) is 3. The topological polar surface area (TPSA) is 104 Å². The van der Waals surface area contributed by atoms with Crippen LogP contribution in [0.2, 0.25) is 0 Å². The van der Waals surface area contributed by atoms with Gasteiger partial charge in [-0.3, -0.25) is 24.1 Å². The van der Waals surface area contributed by atoms with Gasteiger partial charge in [0, 0.05) is 42.2 Å². The van der Waals surface area contributed by atoms with Crippen LogP contribution in [0.3, 0.4) is 0 Å². The molecule has 0 saturated carbocycles. The number of carboxylic acid groups (broad SMARTS) is 1. The quantitative estimate of drug-likeness (QED) is 0.182. The van der Waals surface area contributed by atoms with Crippen LogP contribution in [-0.2, 0) is 19.2 Å². The van der Waals surface area contributed by atoms with Crippen molar-refractivity contribution in [1.82, 2.24) is 10.2 Å². The monoisotopic (exact) mass is 440 g/mol. The van der Waals surface area contributed by atoms with Crippen molar-refractivity contribution in [2.24, 2.45) is 0 Å². The van der Waals surface area contributed by atoms with E-state index in [0.717, 1.165) is 0 Å². The Bertz CT molecular complexity index is 544. The minimum atomic E-state index is -0.985. The molecule has 0 aromatic rings. The number of likely N-dealkylation sites (tertiary alicyclic amines) is 1. The van der Waals surface area contributed by atoms with Crippen molar-refractivity contribution < 1.29 is 24.3 Å². The number of hydrogen-bond acceptors (Lipinski definition) is 8. The molecule has 1 heterocycles. The number of aliphatic carboxylic acids is 1. The SMILES string of the molecule is CSC1CC(=O)N(CCSSCCNC(=O)CC(C)(S)CC(=O)O)C1=O. The Balaban J connectivity index is 2.11. The minimum absolute atomic E-state index is 0.0377. The fourth-order valence-electron chi connectivity index (χ4n) is 2.35. The van der Waals surface area contributed by atoms with Gasteiger partial charge in [0.15, 0.2) is 0 Å². The van der Waals surface area contributed by atoms with E-state index < -0.39 is 10.7 Å². The lowest BCUT2D eigenvalue weighted by Gasteiger charge is -2.20. The molecule has 0 radical (unpaired) electrons. The summed E-state index contributed by atoms with van der Waals surface area (Å²) in [6, 6.07) is 0. The molecule has 0 aromatic heterocycles. The van der Waals surface area contributed by atoms with Gasteiger partial charge >= 0.3 is 5.97 Å². The van der Waals surface area contributed by atoms with E-state index in [1.807, 2.05) is 6.26 Å². The first-order valence-electron chi connectivity index (χ1n) is 7.98. The van der Waals surface area contributed by atoms with Crippen molar-refractivity contribution in [2.45, 2.75) is 36.2 Å². The fourth-order valence-corrected chi connectivity index (χ4v) is 5.12. The predicted octanol–water partition coefficient (Wildman–Crippen LogP) is 1.53. The van der Waals surface area contributed by atoms with E-state index in [4.69, 9.17) is 5.11 Å². The first kappa shape index (κ1) is 23.5. The fraction of sp³-hybridized carbons (Fsp3) is 0.733. The smallest absolute Gasteiger partial charge is 0.304 e. The largest absolute Gasteiger partial charge is 0.481 e. The molecule has 0 spiro atoms. The van der Waals surface area contributed by atoms with E-state index in [1.165, 1.54) is 16.7 Å². The van der Waals surface area contributed by atoms with E-state index >= 15 is 0 Å². The van der Waals surface area contributed by atoms with Crippen LogP contribution in [0.4, 0.5) is 0 Å². The van der Waals surface area contributed by atoms with Gasteiger partial charge in [-0.2, -0.15) is 24.4 Å². The molecule has 2 N–H and O–H groups in total. The Hall–Kier alpha value is -0.520. The maximum absolute atomic E-state index is 11.9. The van der Waals surface area contributed by atoms with Gasteiger partial charge in [0.05, 0.1) is 11.7 Å². The predicted molar refractivity (Wildman–Crippen MR) is 111 cm³/mol. The van der Waals surface area contributed by atoms with E-state index in [2.05, 4.69) is 17.9 Å². The first-order chi connectivity index (χ1) is 12.2. The second kappa shape index (κ2) is 11.4. The number of amides is 3. The molecule has 7 nitrogen and oxygen atoms in total. The van der Waals surface area contributed by atoms with Crippen LogP contribution in [0.1, 0.15) is 26.2 Å². The van der Waals surface area contributed by atoms with E-state index in [1.54, 1.807) is 28.5 Å². The van der Waals surface area contributed by atoms with Crippen LogP contribution in [-0.4, -0.2) is 74.5 Å². The van der Waals surface area contributed by atoms with Gasteiger partial charge < -0.3 is 10.4 Å². The van der Waals surface area contributed by atoms with Crippen LogP contribution in [0.15, 0.2) is 0 Å². The molecule has 148 valence electrons. The molecule has 1 fully saturated rings. The zero-order valence-corrected chi connectivity index (χ0v) is 18.1. The summed E-state index contributed by atoms with van der Waals surface area (Å²) < 4.78 is -0.874. The number of thioether (sulfide) groups is 1. The molecule has 0 aromatic carbocycles. The van der Waals surface area contributed by atoms with E-state index in [0.29, 0.717) is 24.6 Å². The van der Waals surface area contributed by atoms with Crippen LogP contribution in [0.25, 0.3) is 0 Å². The third kappa shape index (κ3) is 8.45. The molecule has 0 bridgehead atoms. The average Bonchev–Trinajstić information content (AvgIpc) is 2.79. The number of rotatable bonds is 12. The van der Waals surface area contributed by atoms with Crippen LogP contribution in [0, 0.1) is 0 Å². The van der Waals surface area contributed by atoms with Crippen LogP contribution < -0.4 is 5.32 Å². The molecule has 2 atom stereocenters. The highest BCUT2D eigenvalue weighted by Gasteiger charge is 2.37. The molecular formula is C15H24N2O5S4. The average molecular weight is 441 g/mol. The summed E-state index contributed by atoms with van der Waals surface area (Å²) >= 11 is 5.62. The summed E-state index contributed by atoms with van der Waals surface area (Å²) in [6.07, 6.45) is 1.97. The number of imide groups is 1. The summed E-state index contributed by atoms with van der Waals surface area (Å²) in [4.78, 5) is 47.5. The number of carboxylic acids is 1. The van der Waals surface area contributed by atoms with Crippen molar-refractivity contribution in [3.63, 3.8) is 0 Å². The van der Waals surface area contributed by atoms with Crippen molar-refractivity contribution in [1.29, 1.82) is 0 Å². The van der Waals surface area contributed by atoms with Crippen molar-refractivity contribution in [2.75, 3.05) is 30.9 Å². The number of carbonyl (C=O) groups excluding carboxylic acids is 3. The molecule has 2 unspecified atom stereocenters.